The average Bonchev–Trinajstić information content (AvgIpc) is 2.96. The van der Waals surface area contributed by atoms with Gasteiger partial charge in [-0.05, 0) is 42.4 Å². The van der Waals surface area contributed by atoms with E-state index in [-0.39, 0.29) is 0 Å². The minimum Gasteiger partial charge on any atom is -0.368 e. The molecule has 0 spiro atoms. The summed E-state index contributed by atoms with van der Waals surface area (Å²) in [5, 5.41) is 11.9. The first kappa shape index (κ1) is 21.6. The second-order valence-corrected chi connectivity index (χ2v) is 9.20. The maximum Gasteiger partial charge on any atom is 0.337 e. The average molecular weight is 412 g/mol. The highest BCUT2D eigenvalue weighted by atomic mass is 16.2. The third kappa shape index (κ3) is 4.25. The summed E-state index contributed by atoms with van der Waals surface area (Å²) in [6.07, 6.45) is 5.60. The van der Waals surface area contributed by atoms with Gasteiger partial charge in [-0.3, -0.25) is 9.36 Å². The highest BCUT2D eigenvalue weighted by Gasteiger charge is 2.33. The predicted octanol–water partition coefficient (Wildman–Crippen LogP) is 2.71. The molecule has 0 radical (unpaired) electrons. The van der Waals surface area contributed by atoms with E-state index in [2.05, 4.69) is 5.32 Å². The van der Waals surface area contributed by atoms with Crippen LogP contribution in [-0.4, -0.2) is 27.1 Å². The molecule has 0 bridgehead atoms. The van der Waals surface area contributed by atoms with Gasteiger partial charge in [0.25, 0.3) is 0 Å². The molecule has 1 heterocycles. The number of carbonyl (C=O) groups is 2. The zero-order valence-electron chi connectivity index (χ0n) is 17.8. The van der Waals surface area contributed by atoms with Crippen LogP contribution in [0.1, 0.15) is 58.4 Å². The van der Waals surface area contributed by atoms with Gasteiger partial charge in [0.1, 0.15) is 6.04 Å². The lowest BCUT2D eigenvalue weighted by Gasteiger charge is -2.28. The van der Waals surface area contributed by atoms with Crippen LogP contribution in [0, 0.1) is 22.7 Å². The number of carbonyl (C=O) groups excluding carboxylic acids is 2. The Kier molecular flexibility index (Phi) is 6.01. The van der Waals surface area contributed by atoms with E-state index in [0.29, 0.717) is 29.1 Å². The molecule has 8 nitrogen and oxygen atoms in total. The van der Waals surface area contributed by atoms with Crippen molar-refractivity contribution in [2.24, 2.45) is 17.1 Å². The smallest absolute Gasteiger partial charge is 0.337 e. The topological polar surface area (TPSA) is 123 Å². The van der Waals surface area contributed by atoms with Gasteiger partial charge in [-0.1, -0.05) is 40.0 Å². The number of nitrogens with two attached hydrogens (primary N) is 1. The highest BCUT2D eigenvalue weighted by molar-refractivity contribution is 5.93. The summed E-state index contributed by atoms with van der Waals surface area (Å²) in [6, 6.07) is 5.25. The fraction of sp³-hybridized carbons (Fsp3) is 0.545. The lowest BCUT2D eigenvalue weighted by molar-refractivity contribution is -0.122. The van der Waals surface area contributed by atoms with E-state index in [9.17, 15) is 19.6 Å². The third-order valence-electron chi connectivity index (χ3n) is 5.85. The van der Waals surface area contributed by atoms with Crippen LogP contribution in [0.2, 0.25) is 0 Å². The molecule has 1 aromatic heterocycles. The van der Waals surface area contributed by atoms with Gasteiger partial charge in [-0.25, -0.2) is 14.2 Å². The van der Waals surface area contributed by atoms with Crippen molar-refractivity contribution >= 4 is 23.0 Å². The molecular formula is C22H29N5O3. The highest BCUT2D eigenvalue weighted by Crippen LogP contribution is 2.26. The second-order valence-electron chi connectivity index (χ2n) is 9.20. The summed E-state index contributed by atoms with van der Waals surface area (Å²) >= 11 is 0. The number of imidazole rings is 1. The summed E-state index contributed by atoms with van der Waals surface area (Å²) < 4.78 is 2.63. The molecule has 1 fully saturated rings. The van der Waals surface area contributed by atoms with Crippen molar-refractivity contribution in [1.29, 1.82) is 5.26 Å². The quantitative estimate of drug-likeness (QED) is 0.803. The van der Waals surface area contributed by atoms with E-state index < -0.39 is 29.1 Å². The number of fused-ring (bicyclic) bond motifs is 1. The number of nitrogens with one attached hydrogen (secondary N) is 1. The number of amides is 2. The number of primary amides is 1. The molecule has 0 aliphatic heterocycles. The number of rotatable bonds is 4. The molecule has 3 N–H and O–H groups in total. The normalized spacial score (nSPS) is 16.2. The molecule has 160 valence electrons. The Hall–Kier alpha value is -3.08. The first-order valence-electron chi connectivity index (χ1n) is 10.4. The molecule has 30 heavy (non-hydrogen) atoms. The van der Waals surface area contributed by atoms with Crippen molar-refractivity contribution in [3.05, 3.63) is 34.2 Å². The van der Waals surface area contributed by atoms with Crippen LogP contribution in [0.5, 0.6) is 0 Å². The summed E-state index contributed by atoms with van der Waals surface area (Å²) in [7, 11) is 0. The van der Waals surface area contributed by atoms with Gasteiger partial charge in [-0.2, -0.15) is 5.26 Å². The minimum atomic E-state index is -0.951. The molecule has 1 saturated carbocycles. The van der Waals surface area contributed by atoms with Crippen molar-refractivity contribution in [2.45, 2.75) is 65.5 Å². The second kappa shape index (κ2) is 8.34. The van der Waals surface area contributed by atoms with Gasteiger partial charge in [0.05, 0.1) is 22.7 Å². The van der Waals surface area contributed by atoms with Crippen LogP contribution >= 0.6 is 0 Å². The van der Waals surface area contributed by atoms with E-state index in [4.69, 9.17) is 5.73 Å². The lowest BCUT2D eigenvalue weighted by atomic mass is 9.86. The van der Waals surface area contributed by atoms with E-state index in [1.54, 1.807) is 37.5 Å². The molecule has 0 unspecified atom stereocenters. The first-order valence-corrected chi connectivity index (χ1v) is 10.4. The van der Waals surface area contributed by atoms with Crippen molar-refractivity contribution < 1.29 is 9.59 Å². The first-order chi connectivity index (χ1) is 14.1. The molecule has 2 aromatic rings. The number of nitrogens with zero attached hydrogens (tertiary/aromatic N) is 3. The lowest BCUT2D eigenvalue weighted by Crippen LogP contribution is -2.54. The van der Waals surface area contributed by atoms with Crippen LogP contribution in [0.25, 0.3) is 11.0 Å². The number of hydrogen-bond donors (Lipinski definition) is 2. The molecule has 1 atom stereocenters. The summed E-state index contributed by atoms with van der Waals surface area (Å²) in [6.45, 7) is 5.88. The Balaban J connectivity index is 2.07. The van der Waals surface area contributed by atoms with Gasteiger partial charge in [-0.15, -0.1) is 0 Å². The molecule has 3 rings (SSSR count). The molecule has 1 aliphatic rings. The van der Waals surface area contributed by atoms with Crippen molar-refractivity contribution in [1.82, 2.24) is 14.5 Å². The summed E-state index contributed by atoms with van der Waals surface area (Å²) in [4.78, 5) is 38.3. The molecular weight excluding hydrogens is 382 g/mol. The number of nitriles is 1. The fourth-order valence-electron chi connectivity index (χ4n) is 4.23. The Morgan fingerprint density at radius 1 is 1.23 bits per heavy atom. The van der Waals surface area contributed by atoms with E-state index in [1.807, 2.05) is 6.07 Å². The Bertz CT molecular complexity index is 1060. The maximum atomic E-state index is 13.3. The van der Waals surface area contributed by atoms with Crippen LogP contribution in [0.4, 0.5) is 4.79 Å². The summed E-state index contributed by atoms with van der Waals surface area (Å²) in [5.74, 6) is -0.297. The summed E-state index contributed by atoms with van der Waals surface area (Å²) in [5.41, 5.74) is 5.69. The zero-order valence-corrected chi connectivity index (χ0v) is 17.8. The van der Waals surface area contributed by atoms with Crippen LogP contribution in [0.3, 0.4) is 0 Å². The SMILES string of the molecule is CC(C)(C)[C@H](NC(=O)n1c(=O)n(CC2CCCCC2)c2ccc(C#N)cc21)C(N)=O. The van der Waals surface area contributed by atoms with Crippen molar-refractivity contribution in [3.8, 4) is 6.07 Å². The van der Waals surface area contributed by atoms with Crippen LogP contribution in [0.15, 0.2) is 23.0 Å². The molecule has 1 aromatic carbocycles. The molecule has 2 amide bonds. The van der Waals surface area contributed by atoms with E-state index in [0.717, 1.165) is 30.3 Å². The van der Waals surface area contributed by atoms with Gasteiger partial charge < -0.3 is 11.1 Å². The predicted molar refractivity (Wildman–Crippen MR) is 114 cm³/mol. The zero-order chi connectivity index (χ0) is 22.1. The number of benzene rings is 1. The monoisotopic (exact) mass is 411 g/mol. The van der Waals surface area contributed by atoms with Crippen LogP contribution < -0.4 is 16.7 Å². The Morgan fingerprint density at radius 2 is 1.90 bits per heavy atom. The minimum absolute atomic E-state index is 0.348. The van der Waals surface area contributed by atoms with Crippen molar-refractivity contribution in [2.75, 3.05) is 0 Å². The van der Waals surface area contributed by atoms with Gasteiger partial charge in [0.15, 0.2) is 0 Å². The largest absolute Gasteiger partial charge is 0.368 e. The maximum absolute atomic E-state index is 13.3. The molecule has 8 heteroatoms. The molecule has 0 saturated heterocycles. The number of hydrogen-bond acceptors (Lipinski definition) is 4. The Morgan fingerprint density at radius 3 is 2.47 bits per heavy atom. The van der Waals surface area contributed by atoms with Crippen molar-refractivity contribution in [3.63, 3.8) is 0 Å². The van der Waals surface area contributed by atoms with E-state index in [1.165, 1.54) is 12.5 Å². The molecule has 1 aliphatic carbocycles. The van der Waals surface area contributed by atoms with Crippen LogP contribution in [-0.2, 0) is 11.3 Å². The fourth-order valence-corrected chi connectivity index (χ4v) is 4.23. The van der Waals surface area contributed by atoms with Gasteiger partial charge >= 0.3 is 11.7 Å². The van der Waals surface area contributed by atoms with E-state index >= 15 is 0 Å². The standard InChI is InChI=1S/C22H29N5O3/c1-22(2,3)18(19(24)28)25-20(29)27-17-11-15(12-23)9-10-16(17)26(21(27)30)13-14-7-5-4-6-8-14/h9-11,14,18H,4-8,13H2,1-3H3,(H2,24,28)(H,25,29)/t18-/m1/s1. The Labute approximate surface area is 175 Å². The van der Waals surface area contributed by atoms with Gasteiger partial charge in [0.2, 0.25) is 5.91 Å². The van der Waals surface area contributed by atoms with Gasteiger partial charge in [0, 0.05) is 6.54 Å². The number of aromatic nitrogens is 2. The third-order valence-corrected chi connectivity index (χ3v) is 5.85.